The van der Waals surface area contributed by atoms with Crippen molar-refractivity contribution in [1.29, 1.82) is 0 Å². The summed E-state index contributed by atoms with van der Waals surface area (Å²) in [6.07, 6.45) is 3.61. The van der Waals surface area contributed by atoms with Gasteiger partial charge in [-0.1, -0.05) is 0 Å². The summed E-state index contributed by atoms with van der Waals surface area (Å²) in [7, 11) is 2.08. The summed E-state index contributed by atoms with van der Waals surface area (Å²) in [6.45, 7) is 13.6. The number of nitrogens with one attached hydrogen (secondary N) is 1. The van der Waals surface area contributed by atoms with Crippen LogP contribution < -0.4 is 5.32 Å². The first-order valence-electron chi connectivity index (χ1n) is 7.31. The van der Waals surface area contributed by atoms with Crippen LogP contribution in [0.3, 0.4) is 0 Å². The molecule has 1 atom stereocenters. The monoisotopic (exact) mass is 254 g/mol. The molecular formula is C15H30N2O. The van der Waals surface area contributed by atoms with Crippen molar-refractivity contribution in [2.24, 2.45) is 0 Å². The lowest BCUT2D eigenvalue weighted by Gasteiger charge is -2.44. The number of nitrogens with zero attached hydrogens (tertiary/aromatic N) is 1. The smallest absolute Gasteiger partial charge is 0.0789 e. The third-order valence-corrected chi connectivity index (χ3v) is 4.97. The minimum Gasteiger partial charge on any atom is -0.368 e. The van der Waals surface area contributed by atoms with Crippen molar-refractivity contribution < 1.29 is 4.74 Å². The van der Waals surface area contributed by atoms with E-state index in [2.05, 4.69) is 51.9 Å². The van der Waals surface area contributed by atoms with E-state index in [1.54, 1.807) is 0 Å². The summed E-state index contributed by atoms with van der Waals surface area (Å²) in [5.41, 5.74) is 0.338. The fourth-order valence-electron chi connectivity index (χ4n) is 3.68. The number of piperidine rings is 1. The third-order valence-electron chi connectivity index (χ3n) is 4.97. The number of likely N-dealkylation sites (tertiary alicyclic amines) is 1. The molecule has 2 heterocycles. The molecule has 2 rings (SSSR count). The van der Waals surface area contributed by atoms with Crippen molar-refractivity contribution in [1.82, 2.24) is 10.2 Å². The zero-order valence-electron chi connectivity index (χ0n) is 13.0. The Hall–Kier alpha value is -0.120. The van der Waals surface area contributed by atoms with Crippen LogP contribution in [0.5, 0.6) is 0 Å². The summed E-state index contributed by atoms with van der Waals surface area (Å²) >= 11 is 0. The van der Waals surface area contributed by atoms with Crippen molar-refractivity contribution in [3.63, 3.8) is 0 Å². The normalized spacial score (nSPS) is 34.7. The first-order valence-corrected chi connectivity index (χ1v) is 7.31. The lowest BCUT2D eigenvalue weighted by Crippen LogP contribution is -2.55. The van der Waals surface area contributed by atoms with Gasteiger partial charge in [-0.15, -0.1) is 0 Å². The highest BCUT2D eigenvalue weighted by Gasteiger charge is 2.49. The van der Waals surface area contributed by atoms with Gasteiger partial charge in [0.05, 0.1) is 11.2 Å². The van der Waals surface area contributed by atoms with Crippen LogP contribution in [-0.4, -0.2) is 47.8 Å². The fourth-order valence-corrected chi connectivity index (χ4v) is 3.68. The minimum atomic E-state index is -0.0170. The maximum Gasteiger partial charge on any atom is 0.0789 e. The molecule has 0 aromatic carbocycles. The zero-order chi connectivity index (χ0) is 13.6. The van der Waals surface area contributed by atoms with E-state index in [0.29, 0.717) is 11.6 Å². The number of rotatable bonds is 2. The molecule has 1 N–H and O–H groups in total. The Balaban J connectivity index is 2.02. The molecule has 0 aromatic heterocycles. The van der Waals surface area contributed by atoms with E-state index in [4.69, 9.17) is 4.74 Å². The Morgan fingerprint density at radius 1 is 1.06 bits per heavy atom. The van der Waals surface area contributed by atoms with Gasteiger partial charge in [-0.2, -0.15) is 0 Å². The Kier molecular flexibility index (Phi) is 3.54. The summed E-state index contributed by atoms with van der Waals surface area (Å²) in [5, 5.41) is 3.47. The second kappa shape index (κ2) is 4.46. The highest BCUT2D eigenvalue weighted by Crippen LogP contribution is 2.41. The highest BCUT2D eigenvalue weighted by molar-refractivity contribution is 5.02. The van der Waals surface area contributed by atoms with E-state index in [1.165, 1.54) is 25.9 Å². The predicted molar refractivity (Wildman–Crippen MR) is 75.9 cm³/mol. The van der Waals surface area contributed by atoms with Crippen LogP contribution in [0.25, 0.3) is 0 Å². The molecule has 2 aliphatic rings. The fraction of sp³-hybridized carbons (Fsp3) is 1.00. The molecule has 3 nitrogen and oxygen atoms in total. The molecule has 2 saturated heterocycles. The number of ether oxygens (including phenoxy) is 1. The lowest BCUT2D eigenvalue weighted by atomic mass is 9.86. The molecular weight excluding hydrogens is 224 g/mol. The van der Waals surface area contributed by atoms with Gasteiger partial charge in [0.25, 0.3) is 0 Å². The molecule has 0 amide bonds. The topological polar surface area (TPSA) is 24.5 Å². The Labute approximate surface area is 112 Å². The molecule has 0 saturated carbocycles. The van der Waals surface area contributed by atoms with Gasteiger partial charge < -0.3 is 10.1 Å². The quantitative estimate of drug-likeness (QED) is 0.819. The van der Waals surface area contributed by atoms with Gasteiger partial charge in [0.15, 0.2) is 0 Å². The maximum absolute atomic E-state index is 6.22. The molecule has 3 heteroatoms. The van der Waals surface area contributed by atoms with Crippen LogP contribution in [0.2, 0.25) is 0 Å². The number of hydrogen-bond acceptors (Lipinski definition) is 3. The van der Waals surface area contributed by atoms with Crippen LogP contribution in [-0.2, 0) is 4.74 Å². The van der Waals surface area contributed by atoms with E-state index in [0.717, 1.165) is 6.42 Å². The van der Waals surface area contributed by atoms with Crippen LogP contribution in [0.15, 0.2) is 0 Å². The Bertz CT molecular complexity index is 304. The molecule has 0 aromatic rings. The molecule has 1 unspecified atom stereocenters. The summed E-state index contributed by atoms with van der Waals surface area (Å²) in [5.74, 6) is 0. The van der Waals surface area contributed by atoms with Crippen molar-refractivity contribution >= 4 is 0 Å². The molecule has 2 fully saturated rings. The van der Waals surface area contributed by atoms with Crippen LogP contribution in [0.4, 0.5) is 0 Å². The molecule has 2 aliphatic heterocycles. The maximum atomic E-state index is 6.22. The van der Waals surface area contributed by atoms with Gasteiger partial charge in [-0.25, -0.2) is 0 Å². The second-order valence-corrected chi connectivity index (χ2v) is 7.53. The van der Waals surface area contributed by atoms with Crippen molar-refractivity contribution in [2.75, 3.05) is 20.1 Å². The first kappa shape index (κ1) is 14.3. The molecule has 0 bridgehead atoms. The molecule has 0 spiro atoms. The average molecular weight is 254 g/mol. The van der Waals surface area contributed by atoms with Gasteiger partial charge in [0.2, 0.25) is 0 Å². The molecule has 106 valence electrons. The Morgan fingerprint density at radius 3 is 2.00 bits per heavy atom. The van der Waals surface area contributed by atoms with E-state index >= 15 is 0 Å². The summed E-state index contributed by atoms with van der Waals surface area (Å²) in [6, 6.07) is 0.564. The van der Waals surface area contributed by atoms with Crippen LogP contribution in [0.1, 0.15) is 53.9 Å². The van der Waals surface area contributed by atoms with Crippen molar-refractivity contribution in [3.8, 4) is 0 Å². The van der Waals surface area contributed by atoms with Crippen molar-refractivity contribution in [2.45, 2.75) is 76.7 Å². The van der Waals surface area contributed by atoms with E-state index in [1.807, 2.05) is 0 Å². The van der Waals surface area contributed by atoms with E-state index in [-0.39, 0.29) is 11.2 Å². The lowest BCUT2D eigenvalue weighted by molar-refractivity contribution is -0.0833. The average Bonchev–Trinajstić information content (AvgIpc) is 2.48. The first-order chi connectivity index (χ1) is 8.18. The van der Waals surface area contributed by atoms with Crippen molar-refractivity contribution in [3.05, 3.63) is 0 Å². The van der Waals surface area contributed by atoms with Gasteiger partial charge in [0, 0.05) is 24.7 Å². The van der Waals surface area contributed by atoms with Gasteiger partial charge in [-0.3, -0.25) is 4.90 Å². The highest BCUT2D eigenvalue weighted by atomic mass is 16.5. The van der Waals surface area contributed by atoms with Crippen LogP contribution >= 0.6 is 0 Å². The van der Waals surface area contributed by atoms with Gasteiger partial charge in [0.1, 0.15) is 0 Å². The second-order valence-electron chi connectivity index (χ2n) is 7.53. The number of hydrogen-bond donors (Lipinski definition) is 1. The van der Waals surface area contributed by atoms with E-state index < -0.39 is 0 Å². The summed E-state index contributed by atoms with van der Waals surface area (Å²) in [4.78, 5) is 2.65. The van der Waals surface area contributed by atoms with Gasteiger partial charge in [-0.05, 0) is 60.9 Å². The van der Waals surface area contributed by atoms with Gasteiger partial charge >= 0.3 is 0 Å². The Morgan fingerprint density at radius 2 is 1.61 bits per heavy atom. The largest absolute Gasteiger partial charge is 0.368 e. The predicted octanol–water partition coefficient (Wildman–Crippen LogP) is 2.41. The summed E-state index contributed by atoms with van der Waals surface area (Å²) < 4.78 is 6.22. The minimum absolute atomic E-state index is 0.0170. The standard InChI is InChI=1S/C15H30N2O/c1-13(2)11-12(14(3,4)18-13)17-9-7-15(5,16-6)8-10-17/h12,16H,7-11H2,1-6H3. The molecule has 0 radical (unpaired) electrons. The van der Waals surface area contributed by atoms with Crippen LogP contribution in [0, 0.1) is 0 Å². The molecule has 18 heavy (non-hydrogen) atoms. The molecule has 0 aliphatic carbocycles. The SMILES string of the molecule is CNC1(C)CCN(C2CC(C)(C)OC2(C)C)CC1. The van der Waals surface area contributed by atoms with E-state index in [9.17, 15) is 0 Å². The zero-order valence-corrected chi connectivity index (χ0v) is 13.0. The third kappa shape index (κ3) is 2.73.